The van der Waals surface area contributed by atoms with Crippen molar-refractivity contribution in [3.8, 4) is 0 Å². The van der Waals surface area contributed by atoms with Gasteiger partial charge in [-0.15, -0.1) is 0 Å². The first kappa shape index (κ1) is 13.8. The molecule has 2 rings (SSSR count). The molecule has 0 aromatic carbocycles. The summed E-state index contributed by atoms with van der Waals surface area (Å²) < 4.78 is 1.07. The van der Waals surface area contributed by atoms with Crippen LogP contribution in [0.4, 0.5) is 5.82 Å². The van der Waals surface area contributed by atoms with Crippen LogP contribution in [0.3, 0.4) is 0 Å². The average molecular weight is 312 g/mol. The van der Waals surface area contributed by atoms with E-state index in [1.54, 1.807) is 0 Å². The molecule has 1 atom stereocenters. The number of hydrogen-bond donors (Lipinski definition) is 1. The van der Waals surface area contributed by atoms with Gasteiger partial charge in [-0.25, -0.2) is 4.98 Å². The second kappa shape index (κ2) is 6.02. The van der Waals surface area contributed by atoms with Crippen molar-refractivity contribution in [1.29, 1.82) is 0 Å². The van der Waals surface area contributed by atoms with Crippen molar-refractivity contribution in [3.05, 3.63) is 22.3 Å². The van der Waals surface area contributed by atoms with Crippen molar-refractivity contribution in [1.82, 2.24) is 9.88 Å². The van der Waals surface area contributed by atoms with E-state index in [4.69, 9.17) is 0 Å². The van der Waals surface area contributed by atoms with Crippen molar-refractivity contribution in [2.24, 2.45) is 5.92 Å². The number of rotatable bonds is 4. The van der Waals surface area contributed by atoms with Crippen LogP contribution in [0.1, 0.15) is 25.8 Å². The molecule has 0 saturated carbocycles. The summed E-state index contributed by atoms with van der Waals surface area (Å²) in [5.74, 6) is 1.73. The molecule has 2 heterocycles. The topological polar surface area (TPSA) is 28.2 Å². The minimum absolute atomic E-state index is 0.669. The summed E-state index contributed by atoms with van der Waals surface area (Å²) in [4.78, 5) is 6.93. The van der Waals surface area contributed by atoms with Crippen LogP contribution in [0.25, 0.3) is 0 Å². The Kier molecular flexibility index (Phi) is 4.62. The van der Waals surface area contributed by atoms with Gasteiger partial charge in [0.1, 0.15) is 5.82 Å². The molecule has 100 valence electrons. The quantitative estimate of drug-likeness (QED) is 0.924. The van der Waals surface area contributed by atoms with Gasteiger partial charge in [0.05, 0.1) is 0 Å². The highest BCUT2D eigenvalue weighted by atomic mass is 79.9. The molecule has 1 aliphatic rings. The second-order valence-electron chi connectivity index (χ2n) is 5.44. The number of halogens is 1. The van der Waals surface area contributed by atoms with Gasteiger partial charge < -0.3 is 10.2 Å². The lowest BCUT2D eigenvalue weighted by Crippen LogP contribution is -2.29. The van der Waals surface area contributed by atoms with Gasteiger partial charge in [0.15, 0.2) is 0 Å². The minimum Gasteiger partial charge on any atom is -0.370 e. The standard InChI is InChI=1S/C14H22BrN3/c1-10(2)18-5-4-12(9-18)7-16-14-6-11(3)13(15)8-17-14/h6,8,10,12H,4-5,7,9H2,1-3H3,(H,16,17). The summed E-state index contributed by atoms with van der Waals surface area (Å²) in [6, 6.07) is 2.77. The highest BCUT2D eigenvalue weighted by molar-refractivity contribution is 9.10. The minimum atomic E-state index is 0.669. The summed E-state index contributed by atoms with van der Waals surface area (Å²) in [6.07, 6.45) is 3.16. The number of hydrogen-bond acceptors (Lipinski definition) is 3. The van der Waals surface area contributed by atoms with Gasteiger partial charge in [-0.2, -0.15) is 0 Å². The lowest BCUT2D eigenvalue weighted by atomic mass is 10.1. The molecule has 0 spiro atoms. The summed E-state index contributed by atoms with van der Waals surface area (Å²) >= 11 is 3.47. The first-order valence-electron chi connectivity index (χ1n) is 6.66. The largest absolute Gasteiger partial charge is 0.370 e. The fraction of sp³-hybridized carbons (Fsp3) is 0.643. The number of likely N-dealkylation sites (tertiary alicyclic amines) is 1. The fourth-order valence-electron chi connectivity index (χ4n) is 2.38. The molecule has 0 bridgehead atoms. The Morgan fingerprint density at radius 1 is 1.56 bits per heavy atom. The van der Waals surface area contributed by atoms with E-state index in [0.29, 0.717) is 6.04 Å². The Bertz CT molecular complexity index is 406. The van der Waals surface area contributed by atoms with Crippen LogP contribution in [-0.4, -0.2) is 35.6 Å². The van der Waals surface area contributed by atoms with E-state index in [1.165, 1.54) is 25.1 Å². The number of nitrogens with one attached hydrogen (secondary N) is 1. The lowest BCUT2D eigenvalue weighted by molar-refractivity contribution is 0.266. The Morgan fingerprint density at radius 2 is 2.33 bits per heavy atom. The summed E-state index contributed by atoms with van der Waals surface area (Å²) in [5, 5.41) is 3.46. The predicted molar refractivity (Wildman–Crippen MR) is 80.0 cm³/mol. The molecule has 1 fully saturated rings. The van der Waals surface area contributed by atoms with E-state index in [9.17, 15) is 0 Å². The second-order valence-corrected chi connectivity index (χ2v) is 6.30. The molecule has 3 nitrogen and oxygen atoms in total. The van der Waals surface area contributed by atoms with Gasteiger partial charge in [-0.3, -0.25) is 0 Å². The molecule has 0 aliphatic carbocycles. The van der Waals surface area contributed by atoms with Crippen LogP contribution in [0.15, 0.2) is 16.7 Å². The molecule has 0 radical (unpaired) electrons. The van der Waals surface area contributed by atoms with E-state index in [0.717, 1.165) is 22.8 Å². The van der Waals surface area contributed by atoms with Gasteiger partial charge in [0.2, 0.25) is 0 Å². The SMILES string of the molecule is Cc1cc(NCC2CCN(C(C)C)C2)ncc1Br. The molecule has 1 unspecified atom stereocenters. The van der Waals surface area contributed by atoms with Crippen LogP contribution in [-0.2, 0) is 0 Å². The van der Waals surface area contributed by atoms with Crippen molar-refractivity contribution in [2.75, 3.05) is 25.0 Å². The molecule has 1 aliphatic heterocycles. The summed E-state index contributed by atoms with van der Waals surface area (Å²) in [6.45, 7) is 10.1. The maximum atomic E-state index is 4.38. The van der Waals surface area contributed by atoms with Gasteiger partial charge in [0, 0.05) is 29.8 Å². The monoisotopic (exact) mass is 311 g/mol. The van der Waals surface area contributed by atoms with Crippen molar-refractivity contribution in [3.63, 3.8) is 0 Å². The smallest absolute Gasteiger partial charge is 0.126 e. The first-order chi connectivity index (χ1) is 8.56. The molecular formula is C14H22BrN3. The van der Waals surface area contributed by atoms with E-state index in [-0.39, 0.29) is 0 Å². The number of pyridine rings is 1. The van der Waals surface area contributed by atoms with Crippen LogP contribution in [0.5, 0.6) is 0 Å². The molecule has 18 heavy (non-hydrogen) atoms. The molecule has 1 aromatic heterocycles. The number of aromatic nitrogens is 1. The molecule has 1 N–H and O–H groups in total. The normalized spacial score (nSPS) is 20.6. The Morgan fingerprint density at radius 3 is 2.94 bits per heavy atom. The summed E-state index contributed by atoms with van der Waals surface area (Å²) in [7, 11) is 0. The van der Waals surface area contributed by atoms with Crippen LogP contribution < -0.4 is 5.32 Å². The number of anilines is 1. The van der Waals surface area contributed by atoms with E-state index < -0.39 is 0 Å². The first-order valence-corrected chi connectivity index (χ1v) is 7.45. The van der Waals surface area contributed by atoms with Crippen molar-refractivity contribution >= 4 is 21.7 Å². The molecular weight excluding hydrogens is 290 g/mol. The van der Waals surface area contributed by atoms with Crippen molar-refractivity contribution in [2.45, 2.75) is 33.2 Å². The maximum absolute atomic E-state index is 4.38. The predicted octanol–water partition coefficient (Wildman–Crippen LogP) is 3.29. The molecule has 1 aromatic rings. The van der Waals surface area contributed by atoms with E-state index in [1.807, 2.05) is 6.20 Å². The van der Waals surface area contributed by atoms with Gasteiger partial charge in [0.25, 0.3) is 0 Å². The number of aryl methyl sites for hydroxylation is 1. The lowest BCUT2D eigenvalue weighted by Gasteiger charge is -2.20. The van der Waals surface area contributed by atoms with Crippen molar-refractivity contribution < 1.29 is 0 Å². The third-order valence-electron chi connectivity index (χ3n) is 3.67. The average Bonchev–Trinajstić information content (AvgIpc) is 2.79. The zero-order chi connectivity index (χ0) is 13.1. The van der Waals surface area contributed by atoms with Gasteiger partial charge in [-0.05, 0) is 67.2 Å². The van der Waals surface area contributed by atoms with Gasteiger partial charge in [-0.1, -0.05) is 0 Å². The zero-order valence-corrected chi connectivity index (χ0v) is 13.0. The third-order valence-corrected chi connectivity index (χ3v) is 4.50. The molecule has 1 saturated heterocycles. The van der Waals surface area contributed by atoms with Crippen LogP contribution in [0, 0.1) is 12.8 Å². The third kappa shape index (κ3) is 3.45. The van der Waals surface area contributed by atoms with Gasteiger partial charge >= 0.3 is 0 Å². The Balaban J connectivity index is 1.83. The van der Waals surface area contributed by atoms with Crippen LogP contribution >= 0.6 is 15.9 Å². The molecule has 4 heteroatoms. The van der Waals surface area contributed by atoms with E-state index >= 15 is 0 Å². The number of nitrogens with zero attached hydrogens (tertiary/aromatic N) is 2. The van der Waals surface area contributed by atoms with Crippen LogP contribution in [0.2, 0.25) is 0 Å². The summed E-state index contributed by atoms with van der Waals surface area (Å²) in [5.41, 5.74) is 1.22. The molecule has 0 amide bonds. The maximum Gasteiger partial charge on any atom is 0.126 e. The van der Waals surface area contributed by atoms with E-state index in [2.05, 4.69) is 58.0 Å². The highest BCUT2D eigenvalue weighted by Crippen LogP contribution is 2.20. The fourth-order valence-corrected chi connectivity index (χ4v) is 2.60. The zero-order valence-electron chi connectivity index (χ0n) is 11.4. The Labute approximate surface area is 118 Å². The highest BCUT2D eigenvalue weighted by Gasteiger charge is 2.23. The Hall–Kier alpha value is -0.610.